The normalized spacial score (nSPS) is 11.8. The summed E-state index contributed by atoms with van der Waals surface area (Å²) >= 11 is 1.82. The number of benzene rings is 9. The summed E-state index contributed by atoms with van der Waals surface area (Å²) < 4.78 is 11.5. The Balaban J connectivity index is 1.03. The molecule has 0 fully saturated rings. The maximum Gasteiger partial charge on any atom is 0.164 e. The first-order valence-corrected chi connectivity index (χ1v) is 21.9. The highest BCUT2D eigenvalue weighted by Crippen LogP contribution is 2.45. The molecule has 0 radical (unpaired) electrons. The van der Waals surface area contributed by atoms with Gasteiger partial charge in [-0.1, -0.05) is 152 Å². The van der Waals surface area contributed by atoms with Crippen LogP contribution in [0.1, 0.15) is 0 Å². The number of furan rings is 1. The van der Waals surface area contributed by atoms with Crippen LogP contribution in [0.15, 0.2) is 211 Å². The Kier molecular flexibility index (Phi) is 8.01. The number of hydrogen-bond acceptors (Lipinski definition) is 5. The van der Waals surface area contributed by atoms with Crippen molar-refractivity contribution in [1.29, 1.82) is 0 Å². The molecule has 0 aliphatic rings. The van der Waals surface area contributed by atoms with Gasteiger partial charge in [-0.05, 0) is 76.9 Å². The van der Waals surface area contributed by atoms with E-state index >= 15 is 0 Å². The molecule has 13 rings (SSSR count). The maximum atomic E-state index is 6.63. The second-order valence-corrected chi connectivity index (χ2v) is 17.0. The molecule has 0 saturated heterocycles. The molecule has 63 heavy (non-hydrogen) atoms. The standard InChI is InChI=1S/C57H34N4OS/c1-3-16-35(17-4-1)55-58-56(41-21-8-7-20-39(41)40-25-15-31-51-54(40)43-23-10-12-30-50(43)63-51)60-57(59-55)44-26-14-29-49-53(44)45-34-36(32-33-48(45)62-49)38-24-13-28-47-52(38)42-22-9-11-27-46(42)61(47)37-18-5-2-6-19-37/h1-34H. The fraction of sp³-hybridized carbons (Fsp3) is 0. The average Bonchev–Trinajstić information content (AvgIpc) is 4.04. The van der Waals surface area contributed by atoms with E-state index in [0.29, 0.717) is 17.5 Å². The third-order valence-electron chi connectivity index (χ3n) is 12.3. The van der Waals surface area contributed by atoms with E-state index in [1.807, 2.05) is 41.7 Å². The molecule has 0 saturated carbocycles. The van der Waals surface area contributed by atoms with Crippen molar-refractivity contribution in [2.45, 2.75) is 0 Å². The van der Waals surface area contributed by atoms with Gasteiger partial charge in [0.15, 0.2) is 17.5 Å². The van der Waals surface area contributed by atoms with Gasteiger partial charge in [0.2, 0.25) is 0 Å². The van der Waals surface area contributed by atoms with Gasteiger partial charge in [-0.2, -0.15) is 0 Å². The third-order valence-corrected chi connectivity index (χ3v) is 13.4. The van der Waals surface area contributed by atoms with Gasteiger partial charge in [0, 0.05) is 64.1 Å². The lowest BCUT2D eigenvalue weighted by atomic mass is 9.95. The second kappa shape index (κ2) is 14.2. The van der Waals surface area contributed by atoms with Crippen LogP contribution in [0.4, 0.5) is 0 Å². The van der Waals surface area contributed by atoms with E-state index in [4.69, 9.17) is 19.4 Å². The molecule has 0 N–H and O–H groups in total. The van der Waals surface area contributed by atoms with E-state index in [2.05, 4.69) is 180 Å². The highest BCUT2D eigenvalue weighted by atomic mass is 32.1. The quantitative estimate of drug-likeness (QED) is 0.168. The summed E-state index contributed by atoms with van der Waals surface area (Å²) in [5.74, 6) is 1.80. The van der Waals surface area contributed by atoms with Crippen LogP contribution in [0.2, 0.25) is 0 Å². The van der Waals surface area contributed by atoms with E-state index in [0.717, 1.165) is 72.1 Å². The lowest BCUT2D eigenvalue weighted by Crippen LogP contribution is -2.01. The molecule has 5 nitrogen and oxygen atoms in total. The first kappa shape index (κ1) is 35.6. The van der Waals surface area contributed by atoms with Gasteiger partial charge in [-0.15, -0.1) is 11.3 Å². The van der Waals surface area contributed by atoms with Gasteiger partial charge in [0.05, 0.1) is 11.0 Å². The third kappa shape index (κ3) is 5.66. The van der Waals surface area contributed by atoms with Gasteiger partial charge in [0.25, 0.3) is 0 Å². The fourth-order valence-electron chi connectivity index (χ4n) is 9.54. The van der Waals surface area contributed by atoms with E-state index < -0.39 is 0 Å². The van der Waals surface area contributed by atoms with Crippen molar-refractivity contribution in [3.63, 3.8) is 0 Å². The number of thiophene rings is 1. The Morgan fingerprint density at radius 3 is 1.84 bits per heavy atom. The summed E-state index contributed by atoms with van der Waals surface area (Å²) in [6, 6.07) is 72.5. The van der Waals surface area contributed by atoms with Gasteiger partial charge in [-0.25, -0.2) is 15.0 Å². The molecule has 4 heterocycles. The predicted molar refractivity (Wildman–Crippen MR) is 262 cm³/mol. The predicted octanol–water partition coefficient (Wildman–Crippen LogP) is 15.6. The molecule has 0 unspecified atom stereocenters. The number of para-hydroxylation sites is 2. The SMILES string of the molecule is c1ccc(-c2nc(-c3ccccc3-c3cccc4sc5ccccc5c34)nc(-c3cccc4oc5ccc(-c6cccc7c6c6ccccc6n7-c6ccccc6)cc5c34)n2)cc1. The zero-order valence-corrected chi connectivity index (χ0v) is 34.6. The van der Waals surface area contributed by atoms with Crippen LogP contribution in [0.25, 0.3) is 126 Å². The number of fused-ring (bicyclic) bond motifs is 9. The first-order valence-electron chi connectivity index (χ1n) is 21.1. The maximum absolute atomic E-state index is 6.63. The Labute approximate surface area is 365 Å². The summed E-state index contributed by atoms with van der Waals surface area (Å²) in [7, 11) is 0. The topological polar surface area (TPSA) is 56.7 Å². The van der Waals surface area contributed by atoms with Gasteiger partial charge < -0.3 is 8.98 Å². The van der Waals surface area contributed by atoms with Crippen molar-refractivity contribution in [3.8, 4) is 62.1 Å². The van der Waals surface area contributed by atoms with Gasteiger partial charge in [-0.3, -0.25) is 0 Å². The fourth-order valence-corrected chi connectivity index (χ4v) is 10.7. The lowest BCUT2D eigenvalue weighted by molar-refractivity contribution is 0.669. The molecule has 13 aromatic rings. The minimum absolute atomic E-state index is 0.583. The lowest BCUT2D eigenvalue weighted by Gasteiger charge is -2.13. The number of rotatable bonds is 6. The van der Waals surface area contributed by atoms with E-state index in [9.17, 15) is 0 Å². The first-order chi connectivity index (χ1) is 31.2. The van der Waals surface area contributed by atoms with E-state index in [-0.39, 0.29) is 0 Å². The van der Waals surface area contributed by atoms with Gasteiger partial charge in [0.1, 0.15) is 11.2 Å². The van der Waals surface area contributed by atoms with Crippen LogP contribution in [-0.2, 0) is 0 Å². The number of nitrogens with zero attached hydrogens (tertiary/aromatic N) is 4. The monoisotopic (exact) mass is 822 g/mol. The number of aromatic nitrogens is 4. The molecule has 0 spiro atoms. The second-order valence-electron chi connectivity index (χ2n) is 15.9. The molecule has 0 aliphatic heterocycles. The van der Waals surface area contributed by atoms with Crippen molar-refractivity contribution in [3.05, 3.63) is 206 Å². The minimum Gasteiger partial charge on any atom is -0.456 e. The highest BCUT2D eigenvalue weighted by molar-refractivity contribution is 7.25. The summed E-state index contributed by atoms with van der Waals surface area (Å²) in [6.07, 6.45) is 0. The Bertz CT molecular complexity index is 3920. The Morgan fingerprint density at radius 2 is 0.968 bits per heavy atom. The molecule has 9 aromatic carbocycles. The number of hydrogen-bond donors (Lipinski definition) is 0. The molecular weight excluding hydrogens is 789 g/mol. The smallest absolute Gasteiger partial charge is 0.164 e. The van der Waals surface area contributed by atoms with Gasteiger partial charge >= 0.3 is 0 Å². The summed E-state index contributed by atoms with van der Waals surface area (Å²) in [6.45, 7) is 0. The molecule has 0 amide bonds. The molecule has 294 valence electrons. The van der Waals surface area contributed by atoms with Crippen LogP contribution in [0.3, 0.4) is 0 Å². The van der Waals surface area contributed by atoms with Crippen molar-refractivity contribution < 1.29 is 4.42 Å². The molecule has 4 aromatic heterocycles. The van der Waals surface area contributed by atoms with Crippen LogP contribution in [-0.4, -0.2) is 19.5 Å². The summed E-state index contributed by atoms with van der Waals surface area (Å²) in [5, 5.41) is 6.88. The van der Waals surface area contributed by atoms with Crippen LogP contribution in [0.5, 0.6) is 0 Å². The van der Waals surface area contributed by atoms with Crippen molar-refractivity contribution in [2.24, 2.45) is 0 Å². The van der Waals surface area contributed by atoms with Crippen LogP contribution < -0.4 is 0 Å². The van der Waals surface area contributed by atoms with E-state index in [1.54, 1.807) is 0 Å². The Morgan fingerprint density at radius 1 is 0.349 bits per heavy atom. The molecule has 6 heteroatoms. The Hall–Kier alpha value is -8.19. The molecule has 0 aliphatic carbocycles. The summed E-state index contributed by atoms with van der Waals surface area (Å²) in [5.41, 5.74) is 12.3. The zero-order valence-electron chi connectivity index (χ0n) is 33.7. The van der Waals surface area contributed by atoms with Crippen molar-refractivity contribution in [2.75, 3.05) is 0 Å². The van der Waals surface area contributed by atoms with Crippen molar-refractivity contribution >= 4 is 75.3 Å². The molecule has 0 bridgehead atoms. The average molecular weight is 823 g/mol. The minimum atomic E-state index is 0.583. The highest BCUT2D eigenvalue weighted by Gasteiger charge is 2.22. The van der Waals surface area contributed by atoms with Crippen LogP contribution >= 0.6 is 11.3 Å². The zero-order chi connectivity index (χ0) is 41.4. The molecular formula is C57H34N4OS. The van der Waals surface area contributed by atoms with Crippen molar-refractivity contribution in [1.82, 2.24) is 19.5 Å². The summed E-state index contributed by atoms with van der Waals surface area (Å²) in [4.78, 5) is 15.9. The molecule has 0 atom stereocenters. The van der Waals surface area contributed by atoms with E-state index in [1.165, 1.54) is 36.5 Å². The van der Waals surface area contributed by atoms with Crippen LogP contribution in [0, 0.1) is 0 Å². The largest absolute Gasteiger partial charge is 0.456 e.